The molecule has 4 nitrogen and oxygen atoms in total. The number of halogens is 1. The first-order valence-corrected chi connectivity index (χ1v) is 7.09. The van der Waals surface area contributed by atoms with Gasteiger partial charge in [0.25, 0.3) is 5.91 Å². The highest BCUT2D eigenvalue weighted by Gasteiger charge is 2.10. The summed E-state index contributed by atoms with van der Waals surface area (Å²) in [5.74, 6) is -0.175. The van der Waals surface area contributed by atoms with Crippen LogP contribution in [-0.2, 0) is 0 Å². The van der Waals surface area contributed by atoms with E-state index in [4.69, 9.17) is 11.6 Å². The van der Waals surface area contributed by atoms with Gasteiger partial charge in [0.05, 0.1) is 4.70 Å². The molecule has 2 aromatic carbocycles. The second-order valence-electron chi connectivity index (χ2n) is 4.32. The number of fused-ring (bicyclic) bond motifs is 1. The summed E-state index contributed by atoms with van der Waals surface area (Å²) in [6.07, 6.45) is 0. The van der Waals surface area contributed by atoms with E-state index >= 15 is 0 Å². The van der Waals surface area contributed by atoms with Gasteiger partial charge in [-0.2, -0.15) is 0 Å². The molecule has 1 heterocycles. The number of carbonyl (C=O) groups is 1. The number of hydrogen-bond acceptors (Lipinski definition) is 4. The van der Waals surface area contributed by atoms with Gasteiger partial charge in [0.1, 0.15) is 5.52 Å². The highest BCUT2D eigenvalue weighted by molar-refractivity contribution is 7.12. The van der Waals surface area contributed by atoms with Gasteiger partial charge < -0.3 is 5.32 Å². The molecule has 0 spiro atoms. The average molecular weight is 304 g/mol. The molecule has 20 heavy (non-hydrogen) atoms. The van der Waals surface area contributed by atoms with Gasteiger partial charge in [-0.3, -0.25) is 4.79 Å². The van der Waals surface area contributed by atoms with Crippen LogP contribution in [0.1, 0.15) is 15.9 Å². The van der Waals surface area contributed by atoms with Crippen LogP contribution in [0, 0.1) is 6.92 Å². The Kier molecular flexibility index (Phi) is 3.38. The third kappa shape index (κ3) is 2.37. The summed E-state index contributed by atoms with van der Waals surface area (Å²) in [5.41, 5.74) is 2.93. The van der Waals surface area contributed by atoms with Gasteiger partial charge in [-0.05, 0) is 54.4 Å². The highest BCUT2D eigenvalue weighted by Crippen LogP contribution is 2.24. The van der Waals surface area contributed by atoms with E-state index in [1.54, 1.807) is 30.3 Å². The molecule has 0 aliphatic heterocycles. The highest BCUT2D eigenvalue weighted by atomic mass is 35.5. The van der Waals surface area contributed by atoms with E-state index in [-0.39, 0.29) is 5.91 Å². The normalized spacial score (nSPS) is 10.7. The number of carbonyl (C=O) groups excluding carboxylic acids is 1. The molecule has 100 valence electrons. The third-order valence-electron chi connectivity index (χ3n) is 3.03. The van der Waals surface area contributed by atoms with E-state index in [0.29, 0.717) is 16.3 Å². The summed E-state index contributed by atoms with van der Waals surface area (Å²) in [6, 6.07) is 10.7. The molecule has 0 radical (unpaired) electrons. The fourth-order valence-electron chi connectivity index (χ4n) is 1.86. The molecule has 0 bridgehead atoms. The van der Waals surface area contributed by atoms with Crippen LogP contribution in [0.25, 0.3) is 10.2 Å². The van der Waals surface area contributed by atoms with E-state index in [1.165, 1.54) is 11.5 Å². The van der Waals surface area contributed by atoms with Crippen LogP contribution in [0.2, 0.25) is 5.02 Å². The molecule has 3 aromatic rings. The quantitative estimate of drug-likeness (QED) is 0.781. The number of amides is 1. The lowest BCUT2D eigenvalue weighted by Crippen LogP contribution is -2.12. The van der Waals surface area contributed by atoms with Gasteiger partial charge >= 0.3 is 0 Å². The SMILES string of the molecule is Cc1c(Cl)cccc1NC(=O)c1ccc2nnsc2c1. The molecule has 0 aliphatic carbocycles. The summed E-state index contributed by atoms with van der Waals surface area (Å²) < 4.78 is 4.74. The molecule has 1 N–H and O–H groups in total. The maximum absolute atomic E-state index is 12.3. The van der Waals surface area contributed by atoms with Gasteiger partial charge in [0.15, 0.2) is 0 Å². The van der Waals surface area contributed by atoms with Gasteiger partial charge in [0, 0.05) is 16.3 Å². The Morgan fingerprint density at radius 2 is 2.15 bits per heavy atom. The number of aromatic nitrogens is 2. The summed E-state index contributed by atoms with van der Waals surface area (Å²) in [5, 5.41) is 7.44. The molecule has 6 heteroatoms. The zero-order valence-corrected chi connectivity index (χ0v) is 12.1. The van der Waals surface area contributed by atoms with Crippen molar-refractivity contribution < 1.29 is 4.79 Å². The van der Waals surface area contributed by atoms with Gasteiger partial charge in [-0.1, -0.05) is 22.2 Å². The standard InChI is InChI=1S/C14H10ClN3OS/c1-8-10(15)3-2-4-11(8)16-14(19)9-5-6-12-13(7-9)20-18-17-12/h2-7H,1H3,(H,16,19). The molecule has 0 saturated heterocycles. The summed E-state index contributed by atoms with van der Waals surface area (Å²) >= 11 is 7.31. The topological polar surface area (TPSA) is 54.9 Å². The van der Waals surface area contributed by atoms with Crippen molar-refractivity contribution in [1.82, 2.24) is 9.59 Å². The van der Waals surface area contributed by atoms with Crippen LogP contribution >= 0.6 is 23.1 Å². The van der Waals surface area contributed by atoms with E-state index in [2.05, 4.69) is 14.9 Å². The van der Waals surface area contributed by atoms with E-state index in [1.807, 2.05) is 13.0 Å². The Bertz CT molecular complexity index is 800. The van der Waals surface area contributed by atoms with Gasteiger partial charge in [-0.15, -0.1) is 5.10 Å². The minimum atomic E-state index is -0.175. The van der Waals surface area contributed by atoms with Crippen molar-refractivity contribution in [2.45, 2.75) is 6.92 Å². The molecule has 3 rings (SSSR count). The molecule has 0 fully saturated rings. The van der Waals surface area contributed by atoms with Crippen LogP contribution < -0.4 is 5.32 Å². The lowest BCUT2D eigenvalue weighted by Gasteiger charge is -2.09. The smallest absolute Gasteiger partial charge is 0.255 e. The zero-order valence-electron chi connectivity index (χ0n) is 10.6. The number of hydrogen-bond donors (Lipinski definition) is 1. The monoisotopic (exact) mass is 303 g/mol. The third-order valence-corrected chi connectivity index (χ3v) is 4.12. The van der Waals surface area contributed by atoms with Crippen molar-refractivity contribution in [2.24, 2.45) is 0 Å². The fourth-order valence-corrected chi connectivity index (χ4v) is 2.63. The first kappa shape index (κ1) is 13.0. The van der Waals surface area contributed by atoms with Crippen LogP contribution in [0.3, 0.4) is 0 Å². The second-order valence-corrected chi connectivity index (χ2v) is 5.51. The van der Waals surface area contributed by atoms with Crippen molar-refractivity contribution in [1.29, 1.82) is 0 Å². The Labute approximate surface area is 124 Å². The molecular weight excluding hydrogens is 294 g/mol. The Balaban J connectivity index is 1.90. The Morgan fingerprint density at radius 1 is 1.30 bits per heavy atom. The molecular formula is C14H10ClN3OS. The zero-order chi connectivity index (χ0) is 14.1. The van der Waals surface area contributed by atoms with Crippen LogP contribution in [-0.4, -0.2) is 15.5 Å². The Hall–Kier alpha value is -1.98. The molecule has 0 unspecified atom stereocenters. The predicted octanol–water partition coefficient (Wildman–Crippen LogP) is 3.91. The second kappa shape index (κ2) is 5.19. The van der Waals surface area contributed by atoms with E-state index in [9.17, 15) is 4.79 Å². The Morgan fingerprint density at radius 3 is 3.00 bits per heavy atom. The number of benzene rings is 2. The van der Waals surface area contributed by atoms with Crippen molar-refractivity contribution in [3.05, 3.63) is 52.5 Å². The fraction of sp³-hybridized carbons (Fsp3) is 0.0714. The first-order chi connectivity index (χ1) is 9.65. The summed E-state index contributed by atoms with van der Waals surface area (Å²) in [7, 11) is 0. The van der Waals surface area contributed by atoms with Crippen molar-refractivity contribution in [3.8, 4) is 0 Å². The van der Waals surface area contributed by atoms with Gasteiger partial charge in [0.2, 0.25) is 0 Å². The number of rotatable bonds is 2. The maximum atomic E-state index is 12.3. The average Bonchev–Trinajstić information content (AvgIpc) is 2.91. The number of nitrogens with zero attached hydrogens (tertiary/aromatic N) is 2. The summed E-state index contributed by atoms with van der Waals surface area (Å²) in [4.78, 5) is 12.3. The lowest BCUT2D eigenvalue weighted by molar-refractivity contribution is 0.102. The largest absolute Gasteiger partial charge is 0.322 e. The van der Waals surface area contributed by atoms with Crippen LogP contribution in [0.15, 0.2) is 36.4 Å². The minimum Gasteiger partial charge on any atom is -0.322 e. The minimum absolute atomic E-state index is 0.175. The first-order valence-electron chi connectivity index (χ1n) is 5.94. The van der Waals surface area contributed by atoms with Crippen molar-refractivity contribution in [2.75, 3.05) is 5.32 Å². The van der Waals surface area contributed by atoms with E-state index < -0.39 is 0 Å². The molecule has 1 aromatic heterocycles. The molecule has 1 amide bonds. The molecule has 0 aliphatic rings. The lowest BCUT2D eigenvalue weighted by atomic mass is 10.1. The summed E-state index contributed by atoms with van der Waals surface area (Å²) in [6.45, 7) is 1.87. The number of nitrogens with one attached hydrogen (secondary N) is 1. The maximum Gasteiger partial charge on any atom is 0.255 e. The van der Waals surface area contributed by atoms with Crippen molar-refractivity contribution in [3.63, 3.8) is 0 Å². The molecule has 0 atom stereocenters. The van der Waals surface area contributed by atoms with Gasteiger partial charge in [-0.25, -0.2) is 0 Å². The van der Waals surface area contributed by atoms with Crippen molar-refractivity contribution >= 4 is 44.9 Å². The predicted molar refractivity (Wildman–Crippen MR) is 81.6 cm³/mol. The van der Waals surface area contributed by atoms with E-state index in [0.717, 1.165) is 15.8 Å². The molecule has 0 saturated carbocycles. The number of anilines is 1. The van der Waals surface area contributed by atoms with Crippen LogP contribution in [0.4, 0.5) is 5.69 Å². The van der Waals surface area contributed by atoms with Crippen LogP contribution in [0.5, 0.6) is 0 Å².